The molecule has 2 N–H and O–H groups in total. The van der Waals surface area contributed by atoms with Crippen LogP contribution in [0.3, 0.4) is 0 Å². The molecule has 0 atom stereocenters. The summed E-state index contributed by atoms with van der Waals surface area (Å²) >= 11 is 3.29. The van der Waals surface area contributed by atoms with Crippen molar-refractivity contribution in [2.24, 2.45) is 0 Å². The van der Waals surface area contributed by atoms with Crippen LogP contribution in [-0.2, 0) is 11.3 Å². The second-order valence-corrected chi connectivity index (χ2v) is 6.50. The van der Waals surface area contributed by atoms with Crippen molar-refractivity contribution in [3.05, 3.63) is 28.7 Å². The summed E-state index contributed by atoms with van der Waals surface area (Å²) in [6.07, 6.45) is 0.153. The van der Waals surface area contributed by atoms with Gasteiger partial charge in [0.2, 0.25) is 0 Å². The largest absolute Gasteiger partial charge is 0.383 e. The Hall–Kier alpha value is -1.50. The number of hydrogen-bond acceptors (Lipinski definition) is 6. The van der Waals surface area contributed by atoms with Crippen molar-refractivity contribution in [1.29, 1.82) is 0 Å². The molecule has 0 aliphatic rings. The monoisotopic (exact) mass is 305 g/mol. The van der Waals surface area contributed by atoms with Gasteiger partial charge in [-0.1, -0.05) is 6.07 Å². The number of ether oxygens (including phenoxy) is 1. The summed E-state index contributed by atoms with van der Waals surface area (Å²) in [5.74, 6) is 1.17. The van der Waals surface area contributed by atoms with Gasteiger partial charge in [-0.15, -0.1) is 22.7 Å². The number of nitrogens with two attached hydrogens (primary N) is 1. The van der Waals surface area contributed by atoms with E-state index < -0.39 is 0 Å². The van der Waals surface area contributed by atoms with Crippen molar-refractivity contribution in [2.45, 2.75) is 26.6 Å². The zero-order valence-electron chi connectivity index (χ0n) is 11.3. The first-order valence-corrected chi connectivity index (χ1v) is 8.10. The van der Waals surface area contributed by atoms with Gasteiger partial charge >= 0.3 is 0 Å². The lowest BCUT2D eigenvalue weighted by atomic mass is 10.2. The molecule has 4 nitrogen and oxygen atoms in total. The third kappa shape index (κ3) is 2.54. The first-order chi connectivity index (χ1) is 9.65. The molecule has 0 unspecified atom stereocenters. The predicted octanol–water partition coefficient (Wildman–Crippen LogP) is 3.93. The van der Waals surface area contributed by atoms with Crippen LogP contribution in [-0.4, -0.2) is 16.1 Å². The average Bonchev–Trinajstić information content (AvgIpc) is 3.04. The van der Waals surface area contributed by atoms with Crippen LogP contribution in [0, 0.1) is 0 Å². The molecule has 20 heavy (non-hydrogen) atoms. The van der Waals surface area contributed by atoms with Gasteiger partial charge in [0.25, 0.3) is 0 Å². The van der Waals surface area contributed by atoms with E-state index in [0.717, 1.165) is 15.8 Å². The van der Waals surface area contributed by atoms with E-state index in [1.165, 1.54) is 4.88 Å². The number of anilines is 1. The van der Waals surface area contributed by atoms with Gasteiger partial charge in [-0.05, 0) is 25.3 Å². The number of aromatic nitrogens is 2. The lowest BCUT2D eigenvalue weighted by molar-refractivity contribution is 0.0615. The molecule has 6 heteroatoms. The smallest absolute Gasteiger partial charge is 0.158 e. The zero-order valence-corrected chi connectivity index (χ0v) is 12.9. The Morgan fingerprint density at radius 3 is 2.85 bits per heavy atom. The van der Waals surface area contributed by atoms with E-state index >= 15 is 0 Å². The van der Waals surface area contributed by atoms with Crippen molar-refractivity contribution in [3.8, 4) is 10.4 Å². The Balaban J connectivity index is 2.03. The normalized spacial score (nSPS) is 11.6. The Kier molecular flexibility index (Phi) is 3.69. The Morgan fingerprint density at radius 1 is 1.30 bits per heavy atom. The molecular weight excluding hydrogens is 290 g/mol. The molecule has 0 saturated heterocycles. The van der Waals surface area contributed by atoms with Crippen LogP contribution >= 0.6 is 22.7 Å². The Morgan fingerprint density at radius 2 is 2.15 bits per heavy atom. The third-order valence-corrected chi connectivity index (χ3v) is 4.62. The molecule has 0 amide bonds. The summed E-state index contributed by atoms with van der Waals surface area (Å²) in [6.45, 7) is 4.37. The van der Waals surface area contributed by atoms with Crippen LogP contribution in [0.1, 0.15) is 19.7 Å². The van der Waals surface area contributed by atoms with E-state index in [0.29, 0.717) is 18.2 Å². The minimum Gasteiger partial charge on any atom is -0.383 e. The molecule has 0 saturated carbocycles. The highest BCUT2D eigenvalue weighted by atomic mass is 32.1. The average molecular weight is 305 g/mol. The highest BCUT2D eigenvalue weighted by Crippen LogP contribution is 2.37. The van der Waals surface area contributed by atoms with Gasteiger partial charge in [-0.2, -0.15) is 0 Å². The maximum absolute atomic E-state index is 6.12. The van der Waals surface area contributed by atoms with E-state index in [1.54, 1.807) is 22.7 Å². The van der Waals surface area contributed by atoms with E-state index in [1.807, 2.05) is 19.9 Å². The molecule has 0 radical (unpaired) electrons. The molecule has 0 spiro atoms. The van der Waals surface area contributed by atoms with E-state index in [2.05, 4.69) is 26.8 Å². The van der Waals surface area contributed by atoms with Gasteiger partial charge in [-0.3, -0.25) is 0 Å². The minimum atomic E-state index is 0.153. The van der Waals surface area contributed by atoms with Crippen LogP contribution in [0.2, 0.25) is 0 Å². The topological polar surface area (TPSA) is 61.0 Å². The van der Waals surface area contributed by atoms with Crippen molar-refractivity contribution < 1.29 is 4.74 Å². The molecule has 0 fully saturated rings. The SMILES string of the molecule is CC(C)OCc1nc(N)c2c(-c3cccs3)csc2n1. The summed E-state index contributed by atoms with van der Waals surface area (Å²) in [4.78, 5) is 11.0. The van der Waals surface area contributed by atoms with Gasteiger partial charge in [0, 0.05) is 15.8 Å². The number of fused-ring (bicyclic) bond motifs is 1. The Bertz CT molecular complexity index is 719. The predicted molar refractivity (Wildman–Crippen MR) is 85.1 cm³/mol. The van der Waals surface area contributed by atoms with Gasteiger partial charge in [-0.25, -0.2) is 9.97 Å². The van der Waals surface area contributed by atoms with Crippen LogP contribution in [0.25, 0.3) is 20.7 Å². The number of hydrogen-bond donors (Lipinski definition) is 1. The van der Waals surface area contributed by atoms with E-state index in [9.17, 15) is 0 Å². The van der Waals surface area contributed by atoms with Crippen LogP contribution in [0.15, 0.2) is 22.9 Å². The van der Waals surface area contributed by atoms with E-state index in [-0.39, 0.29) is 6.10 Å². The van der Waals surface area contributed by atoms with Crippen LogP contribution < -0.4 is 5.73 Å². The standard InChI is InChI=1S/C14H15N3OS2/c1-8(2)18-6-11-16-13(15)12-9(7-20-14(12)17-11)10-4-3-5-19-10/h3-5,7-8H,6H2,1-2H3,(H2,15,16,17). The number of nitrogens with zero attached hydrogens (tertiary/aromatic N) is 2. The van der Waals surface area contributed by atoms with Crippen molar-refractivity contribution in [3.63, 3.8) is 0 Å². The highest BCUT2D eigenvalue weighted by molar-refractivity contribution is 7.18. The quantitative estimate of drug-likeness (QED) is 0.793. The molecule has 3 aromatic heterocycles. The summed E-state index contributed by atoms with van der Waals surface area (Å²) in [5, 5.41) is 5.10. The third-order valence-electron chi connectivity index (χ3n) is 2.84. The fourth-order valence-corrected chi connectivity index (χ4v) is 3.72. The number of rotatable bonds is 4. The first kappa shape index (κ1) is 13.5. The fourth-order valence-electron chi connectivity index (χ4n) is 1.93. The molecule has 0 aromatic carbocycles. The molecule has 0 bridgehead atoms. The maximum atomic E-state index is 6.12. The number of nitrogen functional groups attached to an aromatic ring is 1. The van der Waals surface area contributed by atoms with Crippen LogP contribution in [0.5, 0.6) is 0 Å². The zero-order chi connectivity index (χ0) is 14.1. The minimum absolute atomic E-state index is 0.153. The highest BCUT2D eigenvalue weighted by Gasteiger charge is 2.14. The van der Waals surface area contributed by atoms with Gasteiger partial charge in [0.15, 0.2) is 5.82 Å². The van der Waals surface area contributed by atoms with Crippen molar-refractivity contribution in [1.82, 2.24) is 9.97 Å². The summed E-state index contributed by atoms with van der Waals surface area (Å²) in [5.41, 5.74) is 7.24. The lowest BCUT2D eigenvalue weighted by Gasteiger charge is -2.07. The second kappa shape index (κ2) is 5.47. The van der Waals surface area contributed by atoms with Crippen molar-refractivity contribution >= 4 is 38.7 Å². The van der Waals surface area contributed by atoms with Crippen molar-refractivity contribution in [2.75, 3.05) is 5.73 Å². The maximum Gasteiger partial charge on any atom is 0.158 e. The molecule has 0 aliphatic heterocycles. The van der Waals surface area contributed by atoms with Gasteiger partial charge in [0.1, 0.15) is 17.3 Å². The fraction of sp³-hybridized carbons (Fsp3) is 0.286. The number of thiophene rings is 2. The molecule has 3 rings (SSSR count). The lowest BCUT2D eigenvalue weighted by Crippen LogP contribution is -2.07. The van der Waals surface area contributed by atoms with Gasteiger partial charge in [0.05, 0.1) is 11.5 Å². The summed E-state index contributed by atoms with van der Waals surface area (Å²) < 4.78 is 5.54. The first-order valence-electron chi connectivity index (χ1n) is 6.34. The molecular formula is C14H15N3OS2. The van der Waals surface area contributed by atoms with Gasteiger partial charge < -0.3 is 10.5 Å². The molecule has 104 valence electrons. The molecule has 0 aliphatic carbocycles. The second-order valence-electron chi connectivity index (χ2n) is 4.69. The van der Waals surface area contributed by atoms with E-state index in [4.69, 9.17) is 10.5 Å². The molecule has 3 heterocycles. The summed E-state index contributed by atoms with van der Waals surface area (Å²) in [7, 11) is 0. The summed E-state index contributed by atoms with van der Waals surface area (Å²) in [6, 6.07) is 4.12. The Labute approximate surface area is 125 Å². The molecule has 3 aromatic rings. The van der Waals surface area contributed by atoms with Crippen LogP contribution in [0.4, 0.5) is 5.82 Å².